The van der Waals surface area contributed by atoms with Gasteiger partial charge in [-0.1, -0.05) is 12.1 Å². The quantitative estimate of drug-likeness (QED) is 0.598. The first-order valence-electron chi connectivity index (χ1n) is 10.0. The Hall–Kier alpha value is -4.01. The average molecular weight is 417 g/mol. The standard InChI is InChI=1S/C22H19N5O4/c28-19(10-18-21(30)25-17-4-2-1-3-14(17)20(29)26-18)24-12-5-8-16-15(9-12)22(31)27(11-23-16)13-6-7-13/h1-5,8-9,11,13,18H,6-7,10H2,(H,24,28)(H,25,30)(H,26,29). The predicted octanol–water partition coefficient (Wildman–Crippen LogP) is 1.81. The van der Waals surface area contributed by atoms with Gasteiger partial charge in [-0.15, -0.1) is 0 Å². The van der Waals surface area contributed by atoms with Gasteiger partial charge in [0.2, 0.25) is 11.8 Å². The summed E-state index contributed by atoms with van der Waals surface area (Å²) in [5.74, 6) is -1.36. The van der Waals surface area contributed by atoms with Gasteiger partial charge >= 0.3 is 0 Å². The first kappa shape index (κ1) is 19.0. The fraction of sp³-hybridized carbons (Fsp3) is 0.227. The van der Waals surface area contributed by atoms with Crippen LogP contribution in [-0.4, -0.2) is 33.3 Å². The largest absolute Gasteiger partial charge is 0.340 e. The fourth-order valence-electron chi connectivity index (χ4n) is 3.68. The van der Waals surface area contributed by atoms with E-state index in [2.05, 4.69) is 20.9 Å². The molecule has 0 radical (unpaired) electrons. The molecule has 1 atom stereocenters. The van der Waals surface area contributed by atoms with Crippen LogP contribution in [0.4, 0.5) is 11.4 Å². The van der Waals surface area contributed by atoms with E-state index in [-0.39, 0.29) is 18.0 Å². The van der Waals surface area contributed by atoms with Gasteiger partial charge in [-0.05, 0) is 43.2 Å². The number of hydrogen-bond donors (Lipinski definition) is 3. The summed E-state index contributed by atoms with van der Waals surface area (Å²) in [7, 11) is 0. The third kappa shape index (κ3) is 3.65. The summed E-state index contributed by atoms with van der Waals surface area (Å²) in [6.07, 6.45) is 3.24. The van der Waals surface area contributed by atoms with E-state index >= 15 is 0 Å². The van der Waals surface area contributed by atoms with E-state index in [9.17, 15) is 19.2 Å². The van der Waals surface area contributed by atoms with Crippen molar-refractivity contribution in [3.63, 3.8) is 0 Å². The van der Waals surface area contributed by atoms with E-state index in [0.717, 1.165) is 12.8 Å². The van der Waals surface area contributed by atoms with Crippen LogP contribution in [0.1, 0.15) is 35.7 Å². The van der Waals surface area contributed by atoms with Crippen molar-refractivity contribution in [3.8, 4) is 0 Å². The van der Waals surface area contributed by atoms with Gasteiger partial charge in [-0.2, -0.15) is 0 Å². The second-order valence-electron chi connectivity index (χ2n) is 7.73. The second-order valence-corrected chi connectivity index (χ2v) is 7.73. The third-order valence-electron chi connectivity index (χ3n) is 5.45. The number of para-hydroxylation sites is 1. The molecular formula is C22H19N5O4. The SMILES string of the molecule is O=C(CC1NC(=O)c2ccccc2NC1=O)Nc1ccc2ncn(C3CC3)c(=O)c2c1. The number of aromatic nitrogens is 2. The van der Waals surface area contributed by atoms with Crippen molar-refractivity contribution in [2.24, 2.45) is 0 Å². The molecule has 1 unspecified atom stereocenters. The van der Waals surface area contributed by atoms with Crippen LogP contribution in [0, 0.1) is 0 Å². The number of benzene rings is 2. The maximum absolute atomic E-state index is 12.7. The number of nitrogens with one attached hydrogen (secondary N) is 3. The van der Waals surface area contributed by atoms with Crippen LogP contribution < -0.4 is 21.5 Å². The molecule has 2 aliphatic rings. The van der Waals surface area contributed by atoms with Gasteiger partial charge in [0, 0.05) is 11.7 Å². The first-order chi connectivity index (χ1) is 15.0. The van der Waals surface area contributed by atoms with Crippen molar-refractivity contribution in [1.29, 1.82) is 0 Å². The average Bonchev–Trinajstić information content (AvgIpc) is 3.59. The van der Waals surface area contributed by atoms with E-state index in [0.29, 0.717) is 27.8 Å². The smallest absolute Gasteiger partial charge is 0.261 e. The first-order valence-corrected chi connectivity index (χ1v) is 10.0. The number of carbonyl (C=O) groups is 3. The van der Waals surface area contributed by atoms with Gasteiger partial charge in [-0.25, -0.2) is 4.98 Å². The molecule has 0 saturated heterocycles. The molecule has 3 N–H and O–H groups in total. The molecule has 0 bridgehead atoms. The Morgan fingerprint density at radius 2 is 1.94 bits per heavy atom. The summed E-state index contributed by atoms with van der Waals surface area (Å²) in [5, 5.41) is 8.39. The van der Waals surface area contributed by atoms with Crippen LogP contribution in [0.15, 0.2) is 53.6 Å². The van der Waals surface area contributed by atoms with E-state index in [1.807, 2.05) is 0 Å². The highest BCUT2D eigenvalue weighted by atomic mass is 16.2. The fourth-order valence-corrected chi connectivity index (χ4v) is 3.68. The monoisotopic (exact) mass is 417 g/mol. The van der Waals surface area contributed by atoms with Crippen LogP contribution in [0.2, 0.25) is 0 Å². The number of fused-ring (bicyclic) bond motifs is 2. The lowest BCUT2D eigenvalue weighted by molar-refractivity contribution is -0.122. The second kappa shape index (κ2) is 7.35. The summed E-state index contributed by atoms with van der Waals surface area (Å²) < 4.78 is 1.62. The zero-order valence-electron chi connectivity index (χ0n) is 16.4. The van der Waals surface area contributed by atoms with E-state index in [4.69, 9.17) is 0 Å². The molecule has 1 saturated carbocycles. The highest BCUT2D eigenvalue weighted by molar-refractivity contribution is 6.11. The van der Waals surface area contributed by atoms with Crippen molar-refractivity contribution < 1.29 is 14.4 Å². The van der Waals surface area contributed by atoms with Gasteiger partial charge in [0.05, 0.1) is 34.9 Å². The maximum atomic E-state index is 12.7. The van der Waals surface area contributed by atoms with Crippen LogP contribution in [-0.2, 0) is 9.59 Å². The van der Waals surface area contributed by atoms with Crippen LogP contribution in [0.5, 0.6) is 0 Å². The number of nitrogens with zero attached hydrogens (tertiary/aromatic N) is 2. The molecule has 1 aliphatic heterocycles. The molecule has 5 rings (SSSR count). The maximum Gasteiger partial charge on any atom is 0.261 e. The molecule has 1 aliphatic carbocycles. The van der Waals surface area contributed by atoms with Crippen molar-refractivity contribution in [3.05, 3.63) is 64.7 Å². The lowest BCUT2D eigenvalue weighted by Gasteiger charge is -2.14. The number of amides is 3. The molecule has 3 aromatic rings. The Balaban J connectivity index is 1.33. The van der Waals surface area contributed by atoms with Crippen LogP contribution in [0.25, 0.3) is 10.9 Å². The molecule has 9 nitrogen and oxygen atoms in total. The third-order valence-corrected chi connectivity index (χ3v) is 5.45. The Morgan fingerprint density at radius 3 is 2.74 bits per heavy atom. The van der Waals surface area contributed by atoms with Gasteiger partial charge < -0.3 is 16.0 Å². The summed E-state index contributed by atoms with van der Waals surface area (Å²) in [5.41, 5.74) is 1.58. The summed E-state index contributed by atoms with van der Waals surface area (Å²) in [6, 6.07) is 10.7. The van der Waals surface area contributed by atoms with Gasteiger partial charge in [0.1, 0.15) is 6.04 Å². The zero-order valence-corrected chi connectivity index (χ0v) is 16.4. The minimum Gasteiger partial charge on any atom is -0.340 e. The molecular weight excluding hydrogens is 398 g/mol. The Morgan fingerprint density at radius 1 is 1.13 bits per heavy atom. The number of carbonyl (C=O) groups excluding carboxylic acids is 3. The molecule has 3 amide bonds. The Bertz CT molecular complexity index is 1290. The van der Waals surface area contributed by atoms with Crippen LogP contribution >= 0.6 is 0 Å². The van der Waals surface area contributed by atoms with Crippen LogP contribution in [0.3, 0.4) is 0 Å². The Labute approximate surface area is 176 Å². The minimum atomic E-state index is -1.02. The summed E-state index contributed by atoms with van der Waals surface area (Å²) >= 11 is 0. The molecule has 2 aromatic carbocycles. The van der Waals surface area contributed by atoms with Crippen molar-refractivity contribution in [1.82, 2.24) is 14.9 Å². The van der Waals surface area contributed by atoms with Crippen molar-refractivity contribution >= 4 is 40.0 Å². The molecule has 2 heterocycles. The molecule has 31 heavy (non-hydrogen) atoms. The summed E-state index contributed by atoms with van der Waals surface area (Å²) in [6.45, 7) is 0. The molecule has 9 heteroatoms. The summed E-state index contributed by atoms with van der Waals surface area (Å²) in [4.78, 5) is 54.5. The normalized spacial score (nSPS) is 18.0. The van der Waals surface area contributed by atoms with E-state index < -0.39 is 23.8 Å². The topological polar surface area (TPSA) is 122 Å². The van der Waals surface area contributed by atoms with E-state index in [1.54, 1.807) is 53.4 Å². The number of hydrogen-bond acceptors (Lipinski definition) is 5. The Kier molecular flexibility index (Phi) is 4.50. The number of rotatable bonds is 4. The molecule has 0 spiro atoms. The molecule has 156 valence electrons. The molecule has 1 fully saturated rings. The number of anilines is 2. The molecule has 1 aromatic heterocycles. The lowest BCUT2D eigenvalue weighted by Crippen LogP contribution is -2.43. The zero-order chi connectivity index (χ0) is 21.5. The minimum absolute atomic E-state index is 0.142. The predicted molar refractivity (Wildman–Crippen MR) is 114 cm³/mol. The van der Waals surface area contributed by atoms with E-state index in [1.165, 1.54) is 0 Å². The van der Waals surface area contributed by atoms with Crippen molar-refractivity contribution in [2.75, 3.05) is 10.6 Å². The lowest BCUT2D eigenvalue weighted by atomic mass is 10.1. The van der Waals surface area contributed by atoms with Gasteiger partial charge in [-0.3, -0.25) is 23.7 Å². The van der Waals surface area contributed by atoms with Crippen molar-refractivity contribution in [2.45, 2.75) is 31.3 Å². The highest BCUT2D eigenvalue weighted by Crippen LogP contribution is 2.33. The van der Waals surface area contributed by atoms with Gasteiger partial charge in [0.15, 0.2) is 0 Å². The van der Waals surface area contributed by atoms with Gasteiger partial charge in [0.25, 0.3) is 11.5 Å². The highest BCUT2D eigenvalue weighted by Gasteiger charge is 2.29.